The molecule has 2 aliphatic rings. The number of aromatic nitrogens is 1. The maximum Gasteiger partial charge on any atom is 0.293 e. The van der Waals surface area contributed by atoms with Crippen molar-refractivity contribution in [1.82, 2.24) is 4.57 Å². The van der Waals surface area contributed by atoms with E-state index in [9.17, 15) is 4.79 Å². The maximum absolute atomic E-state index is 14.0. The van der Waals surface area contributed by atoms with Crippen LogP contribution >= 0.6 is 0 Å². The number of ether oxygens (including phenoxy) is 1. The van der Waals surface area contributed by atoms with E-state index >= 15 is 0 Å². The zero-order valence-corrected chi connectivity index (χ0v) is 17.4. The average molecular weight is 407 g/mol. The fourth-order valence-corrected chi connectivity index (χ4v) is 5.78. The Morgan fingerprint density at radius 1 is 0.968 bits per heavy atom. The fourth-order valence-electron chi connectivity index (χ4n) is 5.78. The molecular formula is C27H21NO3. The monoisotopic (exact) mass is 407 g/mol. The van der Waals surface area contributed by atoms with Crippen LogP contribution < -0.4 is 10.2 Å². The van der Waals surface area contributed by atoms with Crippen molar-refractivity contribution >= 4 is 32.6 Å². The first kappa shape index (κ1) is 17.2. The minimum atomic E-state index is -0.446. The summed E-state index contributed by atoms with van der Waals surface area (Å²) in [5, 5.41) is 3.82. The lowest BCUT2D eigenvalue weighted by Gasteiger charge is -2.40. The molecule has 0 amide bonds. The SMILES string of the molecule is CC1(C)Oc2oc3ccc4ccccc4c3c(=O)c2[C@H]2c3cc4ccccc4n3C[C@H]21. The van der Waals surface area contributed by atoms with E-state index in [2.05, 4.69) is 48.7 Å². The first-order valence-electron chi connectivity index (χ1n) is 10.8. The first-order chi connectivity index (χ1) is 15.0. The van der Waals surface area contributed by atoms with Gasteiger partial charge >= 0.3 is 0 Å². The van der Waals surface area contributed by atoms with Crippen molar-refractivity contribution < 1.29 is 9.15 Å². The summed E-state index contributed by atoms with van der Waals surface area (Å²) in [6, 6.07) is 22.5. The minimum Gasteiger partial charge on any atom is -0.458 e. The molecule has 0 saturated carbocycles. The van der Waals surface area contributed by atoms with Crippen molar-refractivity contribution in [2.75, 3.05) is 0 Å². The van der Waals surface area contributed by atoms with Crippen LogP contribution in [0, 0.1) is 5.92 Å². The number of benzene rings is 3. The molecule has 7 rings (SSSR count). The molecule has 0 unspecified atom stereocenters. The minimum absolute atomic E-state index is 0.0252. The van der Waals surface area contributed by atoms with Crippen molar-refractivity contribution in [3.05, 3.63) is 88.2 Å². The Bertz CT molecular complexity index is 1600. The van der Waals surface area contributed by atoms with Gasteiger partial charge < -0.3 is 13.7 Å². The smallest absolute Gasteiger partial charge is 0.293 e. The molecule has 0 N–H and O–H groups in total. The Balaban J connectivity index is 1.60. The number of hydrogen-bond acceptors (Lipinski definition) is 3. The molecule has 2 aromatic heterocycles. The highest BCUT2D eigenvalue weighted by Crippen LogP contribution is 2.53. The second kappa shape index (κ2) is 5.58. The molecule has 0 fully saturated rings. The number of nitrogens with zero attached hydrogens (tertiary/aromatic N) is 1. The summed E-state index contributed by atoms with van der Waals surface area (Å²) in [7, 11) is 0. The van der Waals surface area contributed by atoms with Gasteiger partial charge in [0.25, 0.3) is 5.95 Å². The van der Waals surface area contributed by atoms with Crippen molar-refractivity contribution in [1.29, 1.82) is 0 Å². The van der Waals surface area contributed by atoms with E-state index in [0.717, 1.165) is 17.3 Å². The second-order valence-electron chi connectivity index (χ2n) is 9.32. The van der Waals surface area contributed by atoms with Crippen LogP contribution in [-0.2, 0) is 6.54 Å². The van der Waals surface area contributed by atoms with Crippen LogP contribution in [0.4, 0.5) is 0 Å². The first-order valence-corrected chi connectivity index (χ1v) is 10.8. The highest BCUT2D eigenvalue weighted by molar-refractivity contribution is 6.05. The second-order valence-corrected chi connectivity index (χ2v) is 9.32. The van der Waals surface area contributed by atoms with E-state index < -0.39 is 5.60 Å². The van der Waals surface area contributed by atoms with Crippen LogP contribution in [0.3, 0.4) is 0 Å². The van der Waals surface area contributed by atoms with E-state index in [1.54, 1.807) is 0 Å². The third-order valence-corrected chi connectivity index (χ3v) is 7.29. The average Bonchev–Trinajstić information content (AvgIpc) is 3.30. The summed E-state index contributed by atoms with van der Waals surface area (Å²) >= 11 is 0. The summed E-state index contributed by atoms with van der Waals surface area (Å²) in [6.45, 7) is 5.03. The van der Waals surface area contributed by atoms with Gasteiger partial charge in [-0.2, -0.15) is 0 Å². The molecule has 4 nitrogen and oxygen atoms in total. The molecule has 0 radical (unpaired) electrons. The summed E-state index contributed by atoms with van der Waals surface area (Å²) in [6.07, 6.45) is 0. The van der Waals surface area contributed by atoms with Crippen LogP contribution in [0.15, 0.2) is 75.9 Å². The van der Waals surface area contributed by atoms with E-state index in [1.165, 1.54) is 16.6 Å². The van der Waals surface area contributed by atoms with Gasteiger partial charge in [0.1, 0.15) is 11.2 Å². The number of hydrogen-bond donors (Lipinski definition) is 0. The molecule has 2 atom stereocenters. The Morgan fingerprint density at radius 2 is 1.74 bits per heavy atom. The van der Waals surface area contributed by atoms with Gasteiger partial charge in [-0.05, 0) is 48.2 Å². The van der Waals surface area contributed by atoms with E-state index in [0.29, 0.717) is 22.5 Å². The van der Waals surface area contributed by atoms with Crippen LogP contribution in [0.5, 0.6) is 5.95 Å². The topological polar surface area (TPSA) is 44.4 Å². The van der Waals surface area contributed by atoms with E-state index in [-0.39, 0.29) is 17.3 Å². The predicted octanol–water partition coefficient (Wildman–Crippen LogP) is 5.83. The Kier molecular flexibility index (Phi) is 3.09. The lowest BCUT2D eigenvalue weighted by Crippen LogP contribution is -2.45. The van der Waals surface area contributed by atoms with E-state index in [4.69, 9.17) is 9.15 Å². The molecule has 152 valence electrons. The molecule has 3 aromatic carbocycles. The molecule has 0 bridgehead atoms. The summed E-state index contributed by atoms with van der Waals surface area (Å²) in [5.41, 5.74) is 3.20. The van der Waals surface area contributed by atoms with Gasteiger partial charge in [0.2, 0.25) is 5.43 Å². The number of para-hydroxylation sites is 1. The zero-order valence-electron chi connectivity index (χ0n) is 17.4. The molecule has 2 aliphatic heterocycles. The van der Waals surface area contributed by atoms with Gasteiger partial charge in [0.05, 0.1) is 10.9 Å². The molecule has 0 saturated heterocycles. The van der Waals surface area contributed by atoms with Crippen LogP contribution in [0.25, 0.3) is 32.6 Å². The van der Waals surface area contributed by atoms with Gasteiger partial charge in [0, 0.05) is 29.6 Å². The molecule has 4 heteroatoms. The number of rotatable bonds is 0. The molecule has 0 aliphatic carbocycles. The van der Waals surface area contributed by atoms with Crippen LogP contribution in [-0.4, -0.2) is 10.2 Å². The Morgan fingerprint density at radius 3 is 2.61 bits per heavy atom. The highest BCUT2D eigenvalue weighted by atomic mass is 16.6. The lowest BCUT2D eigenvalue weighted by atomic mass is 9.75. The molecule has 4 heterocycles. The number of fused-ring (bicyclic) bond motifs is 10. The third kappa shape index (κ3) is 2.12. The Hall–Kier alpha value is -3.53. The van der Waals surface area contributed by atoms with Crippen molar-refractivity contribution in [2.24, 2.45) is 5.92 Å². The van der Waals surface area contributed by atoms with Crippen molar-refractivity contribution in [3.8, 4) is 5.95 Å². The molecule has 5 aromatic rings. The van der Waals surface area contributed by atoms with Crippen molar-refractivity contribution in [2.45, 2.75) is 31.9 Å². The summed E-state index contributed by atoms with van der Waals surface area (Å²) < 4.78 is 15.0. The maximum atomic E-state index is 14.0. The van der Waals surface area contributed by atoms with Gasteiger partial charge in [0.15, 0.2) is 0 Å². The Labute approximate surface area is 178 Å². The van der Waals surface area contributed by atoms with Crippen LogP contribution in [0.1, 0.15) is 31.0 Å². The van der Waals surface area contributed by atoms with E-state index in [1.807, 2.05) is 36.4 Å². The quantitative estimate of drug-likeness (QED) is 0.303. The fraction of sp³-hybridized carbons (Fsp3) is 0.222. The molecular weight excluding hydrogens is 386 g/mol. The standard InChI is InChI=1S/C27H21NO3/c1-27(2)18-14-28-19-10-6-4-8-16(19)13-20(28)23(18)24-25(29)22-17-9-5-3-7-15(17)11-12-21(22)30-26(24)31-27/h3-13,18,23H,14H2,1-2H3/t18-,23-/m1/s1. The van der Waals surface area contributed by atoms with Gasteiger partial charge in [-0.15, -0.1) is 0 Å². The highest BCUT2D eigenvalue weighted by Gasteiger charge is 2.51. The van der Waals surface area contributed by atoms with Gasteiger partial charge in [-0.1, -0.05) is 48.5 Å². The third-order valence-electron chi connectivity index (χ3n) is 7.29. The van der Waals surface area contributed by atoms with Crippen LogP contribution in [0.2, 0.25) is 0 Å². The normalized spacial score (nSPS) is 21.1. The van der Waals surface area contributed by atoms with Gasteiger partial charge in [-0.25, -0.2) is 0 Å². The lowest BCUT2D eigenvalue weighted by molar-refractivity contribution is -0.00353. The van der Waals surface area contributed by atoms with Crippen molar-refractivity contribution in [3.63, 3.8) is 0 Å². The van der Waals surface area contributed by atoms with Gasteiger partial charge in [-0.3, -0.25) is 4.79 Å². The predicted molar refractivity (Wildman–Crippen MR) is 122 cm³/mol. The molecule has 0 spiro atoms. The largest absolute Gasteiger partial charge is 0.458 e. The zero-order chi connectivity index (χ0) is 20.9. The molecule has 31 heavy (non-hydrogen) atoms. The summed E-state index contributed by atoms with van der Waals surface area (Å²) in [5.74, 6) is 0.485. The summed E-state index contributed by atoms with van der Waals surface area (Å²) in [4.78, 5) is 14.0.